The smallest absolute Gasteiger partial charge is 0.330 e. The van der Waals surface area contributed by atoms with Crippen molar-refractivity contribution in [3.05, 3.63) is 129 Å². The van der Waals surface area contributed by atoms with Crippen LogP contribution in [0.1, 0.15) is 17.0 Å². The summed E-state index contributed by atoms with van der Waals surface area (Å²) in [7, 11) is 0. The SMILES string of the molecule is Nc1c(N(Cc2ccccc2)Cc2nc(-c3ccc(F)cc3)no2)c(=O)[nH]c(=O)n1Cc1ccccc1. The number of nitrogen functional groups attached to an aromatic ring is 1. The molecule has 2 heterocycles. The second-order valence-corrected chi connectivity index (χ2v) is 8.43. The number of aromatic nitrogens is 4. The third-order valence-corrected chi connectivity index (χ3v) is 5.83. The van der Waals surface area contributed by atoms with Gasteiger partial charge in [-0.25, -0.2) is 9.18 Å². The van der Waals surface area contributed by atoms with E-state index in [4.69, 9.17) is 10.3 Å². The molecule has 3 N–H and O–H groups in total. The van der Waals surface area contributed by atoms with Crippen LogP contribution < -0.4 is 21.9 Å². The van der Waals surface area contributed by atoms with Crippen molar-refractivity contribution in [2.45, 2.75) is 19.6 Å². The molecule has 0 amide bonds. The molecular formula is C27H23FN6O3. The number of nitrogens with zero attached hydrogens (tertiary/aromatic N) is 4. The van der Waals surface area contributed by atoms with Crippen molar-refractivity contribution in [1.29, 1.82) is 0 Å². The number of hydrogen-bond donors (Lipinski definition) is 2. The summed E-state index contributed by atoms with van der Waals surface area (Å²) in [5, 5.41) is 3.99. The van der Waals surface area contributed by atoms with Gasteiger partial charge in [0.1, 0.15) is 17.3 Å². The normalized spacial score (nSPS) is 10.9. The molecule has 0 aliphatic heterocycles. The lowest BCUT2D eigenvalue weighted by Crippen LogP contribution is -2.38. The summed E-state index contributed by atoms with van der Waals surface area (Å²) in [5.74, 6) is 0.147. The molecule has 5 rings (SSSR count). The fraction of sp³-hybridized carbons (Fsp3) is 0.111. The van der Waals surface area contributed by atoms with Gasteiger partial charge in [-0.1, -0.05) is 65.8 Å². The molecule has 186 valence electrons. The van der Waals surface area contributed by atoms with E-state index >= 15 is 0 Å². The highest BCUT2D eigenvalue weighted by atomic mass is 19.1. The van der Waals surface area contributed by atoms with E-state index in [0.29, 0.717) is 5.56 Å². The van der Waals surface area contributed by atoms with Gasteiger partial charge in [-0.05, 0) is 35.4 Å². The van der Waals surface area contributed by atoms with Crippen molar-refractivity contribution in [2.75, 3.05) is 10.6 Å². The zero-order valence-electron chi connectivity index (χ0n) is 19.7. The summed E-state index contributed by atoms with van der Waals surface area (Å²) in [6, 6.07) is 24.5. The number of aromatic amines is 1. The van der Waals surface area contributed by atoms with E-state index in [-0.39, 0.29) is 48.7 Å². The lowest BCUT2D eigenvalue weighted by atomic mass is 10.2. The molecule has 5 aromatic rings. The van der Waals surface area contributed by atoms with Gasteiger partial charge < -0.3 is 15.2 Å². The topological polar surface area (TPSA) is 123 Å². The van der Waals surface area contributed by atoms with Crippen LogP contribution >= 0.6 is 0 Å². The Bertz CT molecular complexity index is 1610. The first-order chi connectivity index (χ1) is 18.0. The van der Waals surface area contributed by atoms with Crippen molar-refractivity contribution < 1.29 is 8.91 Å². The monoisotopic (exact) mass is 498 g/mol. The summed E-state index contributed by atoms with van der Waals surface area (Å²) >= 11 is 0. The maximum Gasteiger partial charge on any atom is 0.330 e. The highest BCUT2D eigenvalue weighted by molar-refractivity contribution is 5.63. The predicted molar refractivity (Wildman–Crippen MR) is 137 cm³/mol. The zero-order chi connectivity index (χ0) is 25.8. The van der Waals surface area contributed by atoms with Gasteiger partial charge in [-0.3, -0.25) is 14.3 Å². The number of nitrogens with one attached hydrogen (secondary N) is 1. The fourth-order valence-corrected chi connectivity index (χ4v) is 4.02. The summed E-state index contributed by atoms with van der Waals surface area (Å²) in [4.78, 5) is 34.2. The first-order valence-electron chi connectivity index (χ1n) is 11.5. The second-order valence-electron chi connectivity index (χ2n) is 8.43. The standard InChI is InChI=1S/C27H23FN6O3/c28-21-13-11-20(12-14-21)25-30-22(37-32-25)17-33(15-18-7-3-1-4-8-18)23-24(29)34(27(36)31-26(23)35)16-19-9-5-2-6-10-19/h1-14H,15-17,29H2,(H,31,35,36). The molecule has 0 spiro atoms. The van der Waals surface area contributed by atoms with Gasteiger partial charge in [0.25, 0.3) is 5.56 Å². The number of halogens is 1. The lowest BCUT2D eigenvalue weighted by Gasteiger charge is -2.25. The van der Waals surface area contributed by atoms with Gasteiger partial charge in [0.2, 0.25) is 11.7 Å². The Kier molecular flexibility index (Phi) is 6.62. The molecule has 0 bridgehead atoms. The van der Waals surface area contributed by atoms with E-state index in [9.17, 15) is 14.0 Å². The highest BCUT2D eigenvalue weighted by Crippen LogP contribution is 2.23. The number of hydrogen-bond acceptors (Lipinski definition) is 7. The van der Waals surface area contributed by atoms with Crippen LogP contribution in [0, 0.1) is 5.82 Å². The Morgan fingerprint density at radius 1 is 0.892 bits per heavy atom. The third kappa shape index (κ3) is 5.32. The average molecular weight is 499 g/mol. The molecule has 0 saturated heterocycles. The first kappa shape index (κ1) is 23.7. The van der Waals surface area contributed by atoms with Crippen molar-refractivity contribution in [3.63, 3.8) is 0 Å². The minimum absolute atomic E-state index is 0.0202. The number of anilines is 2. The Hall–Kier alpha value is -4.99. The van der Waals surface area contributed by atoms with E-state index < -0.39 is 11.2 Å². The van der Waals surface area contributed by atoms with E-state index in [0.717, 1.165) is 11.1 Å². The molecule has 0 aliphatic rings. The minimum Gasteiger partial charge on any atom is -0.383 e. The molecule has 10 heteroatoms. The number of H-pyrrole nitrogens is 1. The minimum atomic E-state index is -0.624. The summed E-state index contributed by atoms with van der Waals surface area (Å²) in [5.41, 5.74) is 7.67. The first-order valence-corrected chi connectivity index (χ1v) is 11.5. The van der Waals surface area contributed by atoms with Crippen molar-refractivity contribution in [3.8, 4) is 11.4 Å². The van der Waals surface area contributed by atoms with Crippen LogP contribution in [0.25, 0.3) is 11.4 Å². The Balaban J connectivity index is 1.53. The highest BCUT2D eigenvalue weighted by Gasteiger charge is 2.22. The molecule has 0 saturated carbocycles. The van der Waals surface area contributed by atoms with Crippen LogP contribution in [0.5, 0.6) is 0 Å². The van der Waals surface area contributed by atoms with Gasteiger partial charge in [0.15, 0.2) is 0 Å². The van der Waals surface area contributed by atoms with Crippen LogP contribution in [0.4, 0.5) is 15.9 Å². The van der Waals surface area contributed by atoms with Crippen LogP contribution in [-0.2, 0) is 19.6 Å². The zero-order valence-corrected chi connectivity index (χ0v) is 19.7. The van der Waals surface area contributed by atoms with Crippen LogP contribution in [0.15, 0.2) is 99.0 Å². The van der Waals surface area contributed by atoms with Crippen molar-refractivity contribution in [2.24, 2.45) is 0 Å². The average Bonchev–Trinajstić information content (AvgIpc) is 3.36. The predicted octanol–water partition coefficient (Wildman–Crippen LogP) is 3.56. The van der Waals surface area contributed by atoms with Gasteiger partial charge in [0.05, 0.1) is 13.1 Å². The molecule has 0 atom stereocenters. The van der Waals surface area contributed by atoms with Crippen LogP contribution in [-0.4, -0.2) is 19.7 Å². The van der Waals surface area contributed by atoms with E-state index in [1.165, 1.54) is 16.7 Å². The van der Waals surface area contributed by atoms with Gasteiger partial charge in [-0.2, -0.15) is 4.98 Å². The number of nitrogens with two attached hydrogens (primary N) is 1. The Labute approximate surface area is 210 Å². The van der Waals surface area contributed by atoms with E-state index in [2.05, 4.69) is 15.1 Å². The van der Waals surface area contributed by atoms with E-state index in [1.54, 1.807) is 17.0 Å². The lowest BCUT2D eigenvalue weighted by molar-refractivity contribution is 0.376. The number of benzene rings is 3. The van der Waals surface area contributed by atoms with Crippen LogP contribution in [0.2, 0.25) is 0 Å². The van der Waals surface area contributed by atoms with Crippen LogP contribution in [0.3, 0.4) is 0 Å². The van der Waals surface area contributed by atoms with Gasteiger partial charge >= 0.3 is 5.69 Å². The molecular weight excluding hydrogens is 475 g/mol. The molecule has 37 heavy (non-hydrogen) atoms. The quantitative estimate of drug-likeness (QED) is 0.335. The summed E-state index contributed by atoms with van der Waals surface area (Å²) in [6.45, 7) is 0.509. The van der Waals surface area contributed by atoms with Crippen molar-refractivity contribution in [1.82, 2.24) is 19.7 Å². The maximum absolute atomic E-state index is 13.3. The van der Waals surface area contributed by atoms with Gasteiger partial charge in [-0.15, -0.1) is 0 Å². The Morgan fingerprint density at radius 2 is 1.54 bits per heavy atom. The van der Waals surface area contributed by atoms with Crippen molar-refractivity contribution >= 4 is 11.5 Å². The molecule has 2 aromatic heterocycles. The molecule has 0 radical (unpaired) electrons. The molecule has 0 fully saturated rings. The summed E-state index contributed by atoms with van der Waals surface area (Å²) in [6.07, 6.45) is 0. The second kappa shape index (κ2) is 10.3. The molecule has 3 aromatic carbocycles. The molecule has 0 unspecified atom stereocenters. The molecule has 0 aliphatic carbocycles. The Morgan fingerprint density at radius 3 is 2.22 bits per heavy atom. The maximum atomic E-state index is 13.3. The largest absolute Gasteiger partial charge is 0.383 e. The van der Waals surface area contributed by atoms with E-state index in [1.807, 2.05) is 60.7 Å². The third-order valence-electron chi connectivity index (χ3n) is 5.83. The van der Waals surface area contributed by atoms with Gasteiger partial charge in [0, 0.05) is 12.1 Å². The molecule has 9 nitrogen and oxygen atoms in total. The summed E-state index contributed by atoms with van der Waals surface area (Å²) < 4.78 is 20.1. The number of rotatable bonds is 8. The fourth-order valence-electron chi connectivity index (χ4n) is 4.02.